The van der Waals surface area contributed by atoms with E-state index < -0.39 is 28.9 Å². The highest BCUT2D eigenvalue weighted by molar-refractivity contribution is 5.95. The van der Waals surface area contributed by atoms with Crippen molar-refractivity contribution in [2.45, 2.75) is 18.3 Å². The first kappa shape index (κ1) is 16.6. The topological polar surface area (TPSA) is 71.2 Å². The molecule has 6 nitrogen and oxygen atoms in total. The van der Waals surface area contributed by atoms with Gasteiger partial charge in [0.15, 0.2) is 5.69 Å². The Hall–Kier alpha value is -2.86. The van der Waals surface area contributed by atoms with Gasteiger partial charge in [0, 0.05) is 31.2 Å². The normalized spacial score (nSPS) is 18.2. The summed E-state index contributed by atoms with van der Waals surface area (Å²) >= 11 is 0. The van der Waals surface area contributed by atoms with Crippen LogP contribution in [0, 0.1) is 11.3 Å². The summed E-state index contributed by atoms with van der Waals surface area (Å²) in [6.45, 7) is 1.62. The van der Waals surface area contributed by atoms with Crippen molar-refractivity contribution in [3.8, 4) is 6.07 Å². The van der Waals surface area contributed by atoms with Crippen LogP contribution in [0.1, 0.15) is 27.3 Å². The lowest BCUT2D eigenvalue weighted by Gasteiger charge is -2.52. The molecule has 0 saturated carbocycles. The van der Waals surface area contributed by atoms with Crippen LogP contribution in [0.25, 0.3) is 0 Å². The van der Waals surface area contributed by atoms with Crippen molar-refractivity contribution in [1.82, 2.24) is 14.5 Å². The number of alkyl halides is 3. The minimum absolute atomic E-state index is 0.0409. The van der Waals surface area contributed by atoms with Crippen LogP contribution in [0.15, 0.2) is 30.6 Å². The molecule has 1 amide bonds. The van der Waals surface area contributed by atoms with E-state index in [2.05, 4.69) is 4.98 Å². The second-order valence-electron chi connectivity index (χ2n) is 6.30. The van der Waals surface area contributed by atoms with E-state index in [1.165, 1.54) is 6.07 Å². The lowest BCUT2D eigenvalue weighted by molar-refractivity contribution is -0.143. The average molecular weight is 362 g/mol. The summed E-state index contributed by atoms with van der Waals surface area (Å²) < 4.78 is 46.1. The number of halogens is 3. The lowest BCUT2D eigenvalue weighted by atomic mass is 9.88. The van der Waals surface area contributed by atoms with Crippen molar-refractivity contribution in [1.29, 1.82) is 5.26 Å². The lowest BCUT2D eigenvalue weighted by Crippen LogP contribution is -2.64. The molecular weight excluding hydrogens is 349 g/mol. The van der Waals surface area contributed by atoms with Gasteiger partial charge in [-0.1, -0.05) is 0 Å². The van der Waals surface area contributed by atoms with E-state index in [1.54, 1.807) is 4.90 Å². The molecule has 2 aliphatic heterocycles. The minimum Gasteiger partial charge on any atom is -0.376 e. The number of carbonyl (C=O) groups excluding carboxylic acids is 1. The van der Waals surface area contributed by atoms with Gasteiger partial charge in [0.2, 0.25) is 0 Å². The first-order chi connectivity index (χ1) is 12.4. The van der Waals surface area contributed by atoms with Crippen molar-refractivity contribution >= 4 is 5.91 Å². The van der Waals surface area contributed by atoms with Crippen LogP contribution in [0.4, 0.5) is 13.2 Å². The number of nitriles is 1. The molecular formula is C17H13F3N4O2. The van der Waals surface area contributed by atoms with Gasteiger partial charge in [0.25, 0.3) is 5.91 Å². The first-order valence-corrected chi connectivity index (χ1v) is 7.89. The Morgan fingerprint density at radius 2 is 2.12 bits per heavy atom. The fourth-order valence-corrected chi connectivity index (χ4v) is 3.54. The zero-order valence-corrected chi connectivity index (χ0v) is 13.5. The number of ether oxygens (including phenoxy) is 1. The number of pyridine rings is 1. The predicted octanol–water partition coefficient (Wildman–Crippen LogP) is 2.16. The third kappa shape index (κ3) is 2.29. The maximum Gasteiger partial charge on any atom is 0.434 e. The Bertz CT molecular complexity index is 925. The van der Waals surface area contributed by atoms with Gasteiger partial charge in [-0.3, -0.25) is 4.79 Å². The van der Waals surface area contributed by atoms with E-state index in [-0.39, 0.29) is 5.56 Å². The largest absolute Gasteiger partial charge is 0.434 e. The average Bonchev–Trinajstić information content (AvgIpc) is 3.06. The van der Waals surface area contributed by atoms with Crippen LogP contribution in [0.2, 0.25) is 0 Å². The van der Waals surface area contributed by atoms with Crippen molar-refractivity contribution in [2.24, 2.45) is 0 Å². The van der Waals surface area contributed by atoms with Crippen LogP contribution in [0.5, 0.6) is 0 Å². The third-order valence-electron chi connectivity index (χ3n) is 4.84. The van der Waals surface area contributed by atoms with E-state index in [1.807, 2.05) is 22.9 Å². The molecule has 0 N–H and O–H groups in total. The molecule has 0 aromatic carbocycles. The fourth-order valence-electron chi connectivity index (χ4n) is 3.54. The van der Waals surface area contributed by atoms with Crippen LogP contribution < -0.4 is 0 Å². The summed E-state index contributed by atoms with van der Waals surface area (Å²) in [6.07, 6.45) is -1.95. The standard InChI is InChI=1S/C17H13F3N4O2/c18-17(19,20)14-11(7-21)6-12(8-22-14)15(25)24-5-4-23-3-1-2-13(23)16(24)9-26-10-16/h1-3,6,8H,4-5,9-10H2. The molecule has 4 rings (SSSR count). The molecule has 1 spiro atoms. The van der Waals surface area contributed by atoms with Crippen molar-refractivity contribution in [3.63, 3.8) is 0 Å². The van der Waals surface area contributed by atoms with Gasteiger partial charge >= 0.3 is 6.18 Å². The second-order valence-corrected chi connectivity index (χ2v) is 6.30. The summed E-state index contributed by atoms with van der Waals surface area (Å²) in [4.78, 5) is 17.9. The van der Waals surface area contributed by atoms with Crippen LogP contribution in [-0.2, 0) is 23.0 Å². The Morgan fingerprint density at radius 1 is 1.35 bits per heavy atom. The van der Waals surface area contributed by atoms with E-state index in [0.717, 1.165) is 18.0 Å². The van der Waals surface area contributed by atoms with E-state index >= 15 is 0 Å². The molecule has 26 heavy (non-hydrogen) atoms. The third-order valence-corrected chi connectivity index (χ3v) is 4.84. The molecule has 1 fully saturated rings. The molecule has 1 saturated heterocycles. The number of rotatable bonds is 1. The smallest absolute Gasteiger partial charge is 0.376 e. The molecule has 4 heterocycles. The van der Waals surface area contributed by atoms with Crippen molar-refractivity contribution < 1.29 is 22.7 Å². The van der Waals surface area contributed by atoms with Crippen LogP contribution in [0.3, 0.4) is 0 Å². The molecule has 0 aliphatic carbocycles. The molecule has 0 radical (unpaired) electrons. The number of fused-ring (bicyclic) bond motifs is 2. The fraction of sp³-hybridized carbons (Fsp3) is 0.353. The molecule has 0 atom stereocenters. The van der Waals surface area contributed by atoms with Gasteiger partial charge in [-0.05, 0) is 18.2 Å². The Labute approximate surface area is 146 Å². The van der Waals surface area contributed by atoms with Gasteiger partial charge in [0.1, 0.15) is 11.6 Å². The maximum atomic E-state index is 13.0. The first-order valence-electron chi connectivity index (χ1n) is 7.89. The molecule has 0 unspecified atom stereocenters. The van der Waals surface area contributed by atoms with Crippen LogP contribution >= 0.6 is 0 Å². The van der Waals surface area contributed by atoms with Gasteiger partial charge in [-0.2, -0.15) is 18.4 Å². The molecule has 0 bridgehead atoms. The predicted molar refractivity (Wildman–Crippen MR) is 81.9 cm³/mol. The van der Waals surface area contributed by atoms with E-state index in [9.17, 15) is 18.0 Å². The Kier molecular flexibility index (Phi) is 3.56. The zero-order valence-electron chi connectivity index (χ0n) is 13.5. The van der Waals surface area contributed by atoms with Gasteiger partial charge in [-0.25, -0.2) is 4.98 Å². The number of hydrogen-bond donors (Lipinski definition) is 0. The number of aromatic nitrogens is 2. The zero-order chi connectivity index (χ0) is 18.5. The summed E-state index contributed by atoms with van der Waals surface area (Å²) in [6, 6.07) is 6.23. The summed E-state index contributed by atoms with van der Waals surface area (Å²) in [7, 11) is 0. The number of nitrogens with zero attached hydrogens (tertiary/aromatic N) is 4. The van der Waals surface area contributed by atoms with E-state index in [4.69, 9.17) is 10.00 Å². The molecule has 2 aliphatic rings. The van der Waals surface area contributed by atoms with Crippen molar-refractivity contribution in [2.75, 3.05) is 19.8 Å². The number of amides is 1. The van der Waals surface area contributed by atoms with E-state index in [0.29, 0.717) is 26.3 Å². The monoisotopic (exact) mass is 362 g/mol. The molecule has 9 heteroatoms. The highest BCUT2D eigenvalue weighted by Crippen LogP contribution is 2.40. The van der Waals surface area contributed by atoms with Gasteiger partial charge < -0.3 is 14.2 Å². The SMILES string of the molecule is N#Cc1cc(C(=O)N2CCn3cccc3C23COC3)cnc1C(F)(F)F. The second kappa shape index (κ2) is 5.57. The molecule has 2 aromatic heterocycles. The minimum atomic E-state index is -4.75. The maximum absolute atomic E-state index is 13.0. The molecule has 134 valence electrons. The van der Waals surface area contributed by atoms with Crippen molar-refractivity contribution in [3.05, 3.63) is 53.1 Å². The number of carbonyl (C=O) groups is 1. The highest BCUT2D eigenvalue weighted by atomic mass is 19.4. The molecule has 2 aromatic rings. The van der Waals surface area contributed by atoms with Gasteiger partial charge in [0.05, 0.1) is 24.3 Å². The summed E-state index contributed by atoms with van der Waals surface area (Å²) in [5, 5.41) is 9.02. The van der Waals surface area contributed by atoms with Gasteiger partial charge in [-0.15, -0.1) is 0 Å². The quantitative estimate of drug-likeness (QED) is 0.779. The van der Waals surface area contributed by atoms with Crippen LogP contribution in [-0.4, -0.2) is 40.1 Å². The highest BCUT2D eigenvalue weighted by Gasteiger charge is 2.51. The number of hydrogen-bond acceptors (Lipinski definition) is 4. The summed E-state index contributed by atoms with van der Waals surface area (Å²) in [5.41, 5.74) is -1.69. The Morgan fingerprint density at radius 3 is 2.73 bits per heavy atom. The summed E-state index contributed by atoms with van der Waals surface area (Å²) in [5.74, 6) is -0.460. The Balaban J connectivity index is 1.72.